The van der Waals surface area contributed by atoms with Gasteiger partial charge in [0.25, 0.3) is 0 Å². The van der Waals surface area contributed by atoms with E-state index >= 15 is 0 Å². The van der Waals surface area contributed by atoms with Crippen LogP contribution in [0.25, 0.3) is 0 Å². The van der Waals surface area contributed by atoms with Crippen LogP contribution < -0.4 is 5.32 Å². The first-order valence-corrected chi connectivity index (χ1v) is 13.4. The van der Waals surface area contributed by atoms with E-state index < -0.39 is 22.2 Å². The van der Waals surface area contributed by atoms with Crippen LogP contribution in [0.2, 0.25) is 0 Å². The topological polar surface area (TPSA) is 110 Å². The summed E-state index contributed by atoms with van der Waals surface area (Å²) in [6.07, 6.45) is -1.61. The Labute approximate surface area is 210 Å². The molecule has 2 aliphatic heterocycles. The SMILES string of the molecule is Cc1ccc(S(=O)(=O)N(CCCN2CCCC2)CCC(=O)N2CCNCC2)cc1.O=C(O)C(F)(F)F. The van der Waals surface area contributed by atoms with Gasteiger partial charge in [0.15, 0.2) is 0 Å². The quantitative estimate of drug-likeness (QED) is 0.496. The third-order valence-corrected chi connectivity index (χ3v) is 7.94. The molecule has 0 unspecified atom stereocenters. The van der Waals surface area contributed by atoms with Crippen molar-refractivity contribution in [2.24, 2.45) is 0 Å². The molecule has 0 bridgehead atoms. The lowest BCUT2D eigenvalue weighted by atomic mass is 10.2. The maximum atomic E-state index is 13.2. The number of piperazine rings is 1. The molecule has 2 heterocycles. The van der Waals surface area contributed by atoms with Gasteiger partial charge in [-0.05, 0) is 58.0 Å². The lowest BCUT2D eigenvalue weighted by Gasteiger charge is -2.29. The molecule has 2 aliphatic rings. The molecule has 0 aliphatic carbocycles. The van der Waals surface area contributed by atoms with Gasteiger partial charge >= 0.3 is 12.1 Å². The van der Waals surface area contributed by atoms with Crippen molar-refractivity contribution in [2.75, 3.05) is 58.9 Å². The smallest absolute Gasteiger partial charge is 0.475 e. The molecular formula is C23H35F3N4O5S. The molecule has 0 radical (unpaired) electrons. The number of carboxylic acid groups (broad SMARTS) is 1. The molecule has 0 saturated carbocycles. The molecule has 1 amide bonds. The van der Waals surface area contributed by atoms with Gasteiger partial charge in [-0.15, -0.1) is 0 Å². The second kappa shape index (κ2) is 13.9. The van der Waals surface area contributed by atoms with Gasteiger partial charge < -0.3 is 20.2 Å². The Morgan fingerprint density at radius 2 is 1.58 bits per heavy atom. The number of hydrogen-bond acceptors (Lipinski definition) is 6. The normalized spacial score (nSPS) is 17.1. The fraction of sp³-hybridized carbons (Fsp3) is 0.652. The van der Waals surface area contributed by atoms with Crippen LogP contribution >= 0.6 is 0 Å². The zero-order valence-corrected chi connectivity index (χ0v) is 21.3. The van der Waals surface area contributed by atoms with Crippen LogP contribution in [-0.2, 0) is 19.6 Å². The highest BCUT2D eigenvalue weighted by atomic mass is 32.2. The van der Waals surface area contributed by atoms with Crippen LogP contribution in [0, 0.1) is 6.92 Å². The van der Waals surface area contributed by atoms with Gasteiger partial charge in [-0.1, -0.05) is 17.7 Å². The van der Waals surface area contributed by atoms with E-state index in [2.05, 4.69) is 10.2 Å². The van der Waals surface area contributed by atoms with Gasteiger partial charge in [0.1, 0.15) is 0 Å². The van der Waals surface area contributed by atoms with E-state index in [1.807, 2.05) is 24.0 Å². The maximum Gasteiger partial charge on any atom is 0.490 e. The van der Waals surface area contributed by atoms with Crippen molar-refractivity contribution in [1.82, 2.24) is 19.4 Å². The van der Waals surface area contributed by atoms with E-state index in [0.29, 0.717) is 24.5 Å². The zero-order valence-electron chi connectivity index (χ0n) is 20.5. The minimum absolute atomic E-state index is 0.0372. The van der Waals surface area contributed by atoms with Crippen LogP contribution in [0.1, 0.15) is 31.2 Å². The summed E-state index contributed by atoms with van der Waals surface area (Å²) in [6.45, 7) is 8.72. The van der Waals surface area contributed by atoms with Gasteiger partial charge in [0, 0.05) is 45.7 Å². The van der Waals surface area contributed by atoms with Crippen LogP contribution in [0.5, 0.6) is 0 Å². The molecule has 2 saturated heterocycles. The molecule has 3 rings (SSSR count). The number of nitrogens with one attached hydrogen (secondary N) is 1. The molecule has 204 valence electrons. The number of carbonyl (C=O) groups is 2. The number of hydrogen-bond donors (Lipinski definition) is 2. The highest BCUT2D eigenvalue weighted by molar-refractivity contribution is 7.89. The summed E-state index contributed by atoms with van der Waals surface area (Å²) in [6, 6.07) is 6.97. The van der Waals surface area contributed by atoms with Crippen molar-refractivity contribution in [1.29, 1.82) is 0 Å². The lowest BCUT2D eigenvalue weighted by molar-refractivity contribution is -0.192. The van der Waals surface area contributed by atoms with Crippen molar-refractivity contribution in [3.05, 3.63) is 29.8 Å². The Balaban J connectivity index is 0.000000572. The molecule has 0 atom stereocenters. The van der Waals surface area contributed by atoms with Crippen molar-refractivity contribution >= 4 is 21.9 Å². The minimum atomic E-state index is -5.08. The molecule has 0 aromatic heterocycles. The monoisotopic (exact) mass is 536 g/mol. The lowest BCUT2D eigenvalue weighted by Crippen LogP contribution is -2.47. The highest BCUT2D eigenvalue weighted by Gasteiger charge is 2.38. The molecule has 1 aromatic carbocycles. The molecule has 13 heteroatoms. The summed E-state index contributed by atoms with van der Waals surface area (Å²) >= 11 is 0. The summed E-state index contributed by atoms with van der Waals surface area (Å²) in [5.74, 6) is -2.72. The maximum absolute atomic E-state index is 13.2. The number of nitrogens with zero attached hydrogens (tertiary/aromatic N) is 3. The summed E-state index contributed by atoms with van der Waals surface area (Å²) in [4.78, 5) is 26.0. The number of aliphatic carboxylic acids is 1. The third-order valence-electron chi connectivity index (χ3n) is 6.03. The molecule has 1 aromatic rings. The number of carbonyl (C=O) groups excluding carboxylic acids is 1. The number of alkyl halides is 3. The largest absolute Gasteiger partial charge is 0.490 e. The number of likely N-dealkylation sites (tertiary alicyclic amines) is 1. The molecule has 9 nitrogen and oxygen atoms in total. The first kappa shape index (κ1) is 30.0. The van der Waals surface area contributed by atoms with E-state index in [-0.39, 0.29) is 18.9 Å². The van der Waals surface area contributed by atoms with Crippen LogP contribution in [0.3, 0.4) is 0 Å². The Kier molecular flexibility index (Phi) is 11.6. The fourth-order valence-corrected chi connectivity index (χ4v) is 5.46. The minimum Gasteiger partial charge on any atom is -0.475 e. The van der Waals surface area contributed by atoms with E-state index in [4.69, 9.17) is 9.90 Å². The molecular weight excluding hydrogens is 501 g/mol. The predicted molar refractivity (Wildman–Crippen MR) is 128 cm³/mol. The van der Waals surface area contributed by atoms with E-state index in [9.17, 15) is 26.4 Å². The Bertz CT molecular complexity index is 945. The standard InChI is InChI=1S/C21H34N4O3S.C2HF3O2/c1-19-5-7-20(8-6-19)29(27,28)25(15-4-14-23-12-2-3-13-23)16-9-21(26)24-17-10-22-11-18-24;3-2(4,5)1(6)7/h5-8,22H,2-4,9-18H2,1H3;(H,6,7). The first-order valence-electron chi connectivity index (χ1n) is 12.0. The molecule has 2 N–H and O–H groups in total. The van der Waals surface area contributed by atoms with Gasteiger partial charge in [-0.25, -0.2) is 13.2 Å². The second-order valence-corrected chi connectivity index (χ2v) is 10.7. The number of rotatable bonds is 9. The molecule has 0 spiro atoms. The first-order chi connectivity index (χ1) is 16.9. The van der Waals surface area contributed by atoms with Gasteiger partial charge in [-0.2, -0.15) is 17.5 Å². The fourth-order valence-electron chi connectivity index (χ4n) is 3.98. The zero-order chi connectivity index (χ0) is 26.8. The number of halogens is 3. The summed E-state index contributed by atoms with van der Waals surface area (Å²) < 4.78 is 59.7. The summed E-state index contributed by atoms with van der Waals surface area (Å²) in [7, 11) is -3.61. The average Bonchev–Trinajstić information content (AvgIpc) is 3.35. The molecule has 2 fully saturated rings. The van der Waals surface area contributed by atoms with E-state index in [0.717, 1.165) is 44.7 Å². The van der Waals surface area contributed by atoms with Crippen molar-refractivity contribution in [3.8, 4) is 0 Å². The Hall–Kier alpha value is -2.22. The number of carboxylic acids is 1. The van der Waals surface area contributed by atoms with Gasteiger partial charge in [-0.3, -0.25) is 4.79 Å². The van der Waals surface area contributed by atoms with Crippen LogP contribution in [0.15, 0.2) is 29.2 Å². The van der Waals surface area contributed by atoms with Gasteiger partial charge in [0.05, 0.1) is 4.90 Å². The van der Waals surface area contributed by atoms with Crippen LogP contribution in [0.4, 0.5) is 13.2 Å². The van der Waals surface area contributed by atoms with E-state index in [1.165, 1.54) is 17.1 Å². The van der Waals surface area contributed by atoms with Crippen LogP contribution in [-0.4, -0.2) is 105 Å². The number of amides is 1. The van der Waals surface area contributed by atoms with Crippen molar-refractivity contribution < 1.29 is 36.3 Å². The molecule has 36 heavy (non-hydrogen) atoms. The second-order valence-electron chi connectivity index (χ2n) is 8.80. The van der Waals surface area contributed by atoms with Crippen molar-refractivity contribution in [3.63, 3.8) is 0 Å². The highest BCUT2D eigenvalue weighted by Crippen LogP contribution is 2.18. The third kappa shape index (κ3) is 9.68. The van der Waals surface area contributed by atoms with Gasteiger partial charge in [0.2, 0.25) is 15.9 Å². The van der Waals surface area contributed by atoms with E-state index in [1.54, 1.807) is 12.1 Å². The Morgan fingerprint density at radius 3 is 2.11 bits per heavy atom. The summed E-state index contributed by atoms with van der Waals surface area (Å²) in [5.41, 5.74) is 1.03. The average molecular weight is 537 g/mol. The number of benzene rings is 1. The predicted octanol–water partition coefficient (Wildman–Crippen LogP) is 1.93. The summed E-state index contributed by atoms with van der Waals surface area (Å²) in [5, 5.41) is 10.4. The number of aryl methyl sites for hydroxylation is 1. The number of sulfonamides is 1. The Morgan fingerprint density at radius 1 is 1.03 bits per heavy atom. The van der Waals surface area contributed by atoms with Crippen molar-refractivity contribution in [2.45, 2.75) is 43.7 Å².